The van der Waals surface area contributed by atoms with Crippen molar-refractivity contribution in [2.45, 2.75) is 58.3 Å². The van der Waals surface area contributed by atoms with E-state index in [2.05, 4.69) is 25.1 Å². The second-order valence-electron chi connectivity index (χ2n) is 6.34. The van der Waals surface area contributed by atoms with E-state index in [0.29, 0.717) is 5.78 Å². The lowest BCUT2D eigenvalue weighted by atomic mass is 9.77. The first-order valence-electron chi connectivity index (χ1n) is 7.94. The molecule has 19 heavy (non-hydrogen) atoms. The first-order valence-corrected chi connectivity index (χ1v) is 7.94. The van der Waals surface area contributed by atoms with Crippen LogP contribution in [0.1, 0.15) is 66.9 Å². The van der Waals surface area contributed by atoms with Gasteiger partial charge in [0.2, 0.25) is 0 Å². The summed E-state index contributed by atoms with van der Waals surface area (Å²) < 4.78 is 0. The molecular weight excluding hydrogens is 232 g/mol. The van der Waals surface area contributed by atoms with Crippen LogP contribution in [0, 0.1) is 11.8 Å². The normalized spacial score (nSPS) is 26.2. The molecule has 1 saturated carbocycles. The van der Waals surface area contributed by atoms with Gasteiger partial charge < -0.3 is 0 Å². The fraction of sp³-hybridized carbons (Fsp3) is 0.611. The molecule has 2 aliphatic carbocycles. The summed E-state index contributed by atoms with van der Waals surface area (Å²) in [5.74, 6) is 1.48. The molecule has 0 heterocycles. The molecule has 0 spiro atoms. The summed E-state index contributed by atoms with van der Waals surface area (Å²) >= 11 is 0. The van der Waals surface area contributed by atoms with E-state index >= 15 is 0 Å². The Morgan fingerprint density at radius 1 is 1.16 bits per heavy atom. The highest BCUT2D eigenvalue weighted by atomic mass is 16.1. The van der Waals surface area contributed by atoms with Crippen molar-refractivity contribution < 1.29 is 4.79 Å². The molecule has 0 aliphatic heterocycles. The summed E-state index contributed by atoms with van der Waals surface area (Å²) in [4.78, 5) is 12.7. The first kappa shape index (κ1) is 12.9. The van der Waals surface area contributed by atoms with Crippen molar-refractivity contribution in [3.05, 3.63) is 34.9 Å². The van der Waals surface area contributed by atoms with Crippen molar-refractivity contribution in [1.29, 1.82) is 0 Å². The van der Waals surface area contributed by atoms with Crippen LogP contribution in [0.5, 0.6) is 0 Å². The Morgan fingerprint density at radius 3 is 2.84 bits per heavy atom. The maximum absolute atomic E-state index is 12.7. The molecule has 1 heteroatoms. The van der Waals surface area contributed by atoms with Crippen molar-refractivity contribution in [3.8, 4) is 0 Å². The van der Waals surface area contributed by atoms with Gasteiger partial charge in [0.05, 0.1) is 0 Å². The van der Waals surface area contributed by atoms with Gasteiger partial charge in [-0.15, -0.1) is 0 Å². The van der Waals surface area contributed by atoms with E-state index in [4.69, 9.17) is 0 Å². The summed E-state index contributed by atoms with van der Waals surface area (Å²) in [5.41, 5.74) is 3.86. The number of hydrogen-bond acceptors (Lipinski definition) is 1. The Bertz CT molecular complexity index is 475. The summed E-state index contributed by atoms with van der Waals surface area (Å²) in [6.07, 6.45) is 9.63. The van der Waals surface area contributed by atoms with Gasteiger partial charge in [-0.2, -0.15) is 0 Å². The maximum Gasteiger partial charge on any atom is 0.165 e. The summed E-state index contributed by atoms with van der Waals surface area (Å²) in [5, 5.41) is 0. The second kappa shape index (κ2) is 5.48. The largest absolute Gasteiger partial charge is 0.294 e. The predicted molar refractivity (Wildman–Crippen MR) is 78.5 cm³/mol. The van der Waals surface area contributed by atoms with Crippen molar-refractivity contribution in [1.82, 2.24) is 0 Å². The van der Waals surface area contributed by atoms with Gasteiger partial charge in [-0.1, -0.05) is 38.3 Å². The molecule has 0 aromatic heterocycles. The van der Waals surface area contributed by atoms with Crippen LogP contribution in [0.25, 0.3) is 0 Å². The lowest BCUT2D eigenvalue weighted by Gasteiger charge is -2.27. The van der Waals surface area contributed by atoms with Gasteiger partial charge in [0.25, 0.3) is 0 Å². The third kappa shape index (κ3) is 2.61. The van der Waals surface area contributed by atoms with E-state index in [-0.39, 0.29) is 5.92 Å². The van der Waals surface area contributed by atoms with E-state index < -0.39 is 0 Å². The number of hydrogen-bond donors (Lipinski definition) is 0. The quantitative estimate of drug-likeness (QED) is 0.724. The zero-order valence-electron chi connectivity index (χ0n) is 12.0. The van der Waals surface area contributed by atoms with Crippen LogP contribution < -0.4 is 0 Å². The zero-order chi connectivity index (χ0) is 13.2. The first-order chi connectivity index (χ1) is 9.28. The number of benzene rings is 1. The summed E-state index contributed by atoms with van der Waals surface area (Å²) in [6.45, 7) is 2.26. The molecule has 3 rings (SSSR count). The molecular formula is C18H24O. The minimum atomic E-state index is 0.290. The minimum Gasteiger partial charge on any atom is -0.294 e. The van der Waals surface area contributed by atoms with Crippen LogP contribution >= 0.6 is 0 Å². The monoisotopic (exact) mass is 256 g/mol. The van der Waals surface area contributed by atoms with E-state index in [1.807, 2.05) is 0 Å². The second-order valence-corrected chi connectivity index (χ2v) is 6.34. The van der Waals surface area contributed by atoms with Gasteiger partial charge in [-0.25, -0.2) is 0 Å². The van der Waals surface area contributed by atoms with Gasteiger partial charge in [0, 0.05) is 11.5 Å². The Hall–Kier alpha value is -1.11. The number of Topliss-reactive ketones (excluding diaryl/α,β-unsaturated/α-hetero) is 1. The van der Waals surface area contributed by atoms with E-state index in [1.165, 1.54) is 49.7 Å². The molecule has 0 radical (unpaired) electrons. The third-order valence-corrected chi connectivity index (χ3v) is 5.11. The van der Waals surface area contributed by atoms with Crippen molar-refractivity contribution in [2.24, 2.45) is 11.8 Å². The molecule has 2 aliphatic rings. The van der Waals surface area contributed by atoms with Crippen LogP contribution in [0.2, 0.25) is 0 Å². The number of carbonyl (C=O) groups is 1. The van der Waals surface area contributed by atoms with Crippen LogP contribution in [0.15, 0.2) is 18.2 Å². The molecule has 2 atom stereocenters. The van der Waals surface area contributed by atoms with Gasteiger partial charge in [0.1, 0.15) is 0 Å². The van der Waals surface area contributed by atoms with Crippen LogP contribution in [0.3, 0.4) is 0 Å². The molecule has 1 aromatic rings. The number of carbonyl (C=O) groups excluding carboxylic acids is 1. The van der Waals surface area contributed by atoms with E-state index in [0.717, 1.165) is 24.3 Å². The third-order valence-electron chi connectivity index (χ3n) is 5.11. The summed E-state index contributed by atoms with van der Waals surface area (Å²) in [6, 6.07) is 6.44. The fourth-order valence-electron chi connectivity index (χ4n) is 3.86. The number of rotatable bonds is 3. The SMILES string of the molecule is CCC1CCCC(C(=O)c2ccc3c(c2)CCC3)C1. The van der Waals surface area contributed by atoms with Gasteiger partial charge in [-0.3, -0.25) is 4.79 Å². The fourth-order valence-corrected chi connectivity index (χ4v) is 3.86. The van der Waals surface area contributed by atoms with Crippen LogP contribution in [0.4, 0.5) is 0 Å². The molecule has 0 N–H and O–H groups in total. The Kier molecular flexibility index (Phi) is 3.72. The molecule has 0 saturated heterocycles. The lowest BCUT2D eigenvalue weighted by Crippen LogP contribution is -2.23. The number of fused-ring (bicyclic) bond motifs is 1. The average Bonchev–Trinajstić information content (AvgIpc) is 2.94. The average molecular weight is 256 g/mol. The molecule has 1 nitrogen and oxygen atoms in total. The van der Waals surface area contributed by atoms with Gasteiger partial charge in [-0.05, 0) is 55.2 Å². The minimum absolute atomic E-state index is 0.290. The highest BCUT2D eigenvalue weighted by molar-refractivity contribution is 5.98. The Morgan fingerprint density at radius 2 is 2.00 bits per heavy atom. The Balaban J connectivity index is 1.76. The molecule has 1 fully saturated rings. The highest BCUT2D eigenvalue weighted by Gasteiger charge is 2.27. The standard InChI is InChI=1S/C18H24O/c1-2-13-5-3-8-16(11-13)18(19)17-10-9-14-6-4-7-15(14)12-17/h9-10,12-13,16H,2-8,11H2,1H3. The molecule has 102 valence electrons. The van der Waals surface area contributed by atoms with Crippen LogP contribution in [-0.2, 0) is 12.8 Å². The molecule has 2 unspecified atom stereocenters. The van der Waals surface area contributed by atoms with Crippen molar-refractivity contribution in [2.75, 3.05) is 0 Å². The van der Waals surface area contributed by atoms with E-state index in [1.54, 1.807) is 0 Å². The molecule has 0 bridgehead atoms. The molecule has 0 amide bonds. The predicted octanol–water partition coefficient (Wildman–Crippen LogP) is 4.57. The Labute approximate surface area is 116 Å². The van der Waals surface area contributed by atoms with Crippen LogP contribution in [-0.4, -0.2) is 5.78 Å². The topological polar surface area (TPSA) is 17.1 Å². The smallest absolute Gasteiger partial charge is 0.165 e. The number of ketones is 1. The zero-order valence-corrected chi connectivity index (χ0v) is 12.0. The van der Waals surface area contributed by atoms with E-state index in [9.17, 15) is 4.79 Å². The van der Waals surface area contributed by atoms with Crippen molar-refractivity contribution in [3.63, 3.8) is 0 Å². The highest BCUT2D eigenvalue weighted by Crippen LogP contribution is 2.33. The van der Waals surface area contributed by atoms with Crippen molar-refractivity contribution >= 4 is 5.78 Å². The number of aryl methyl sites for hydroxylation is 2. The van der Waals surface area contributed by atoms with Gasteiger partial charge in [0.15, 0.2) is 5.78 Å². The molecule has 1 aromatic carbocycles. The summed E-state index contributed by atoms with van der Waals surface area (Å²) in [7, 11) is 0. The lowest BCUT2D eigenvalue weighted by molar-refractivity contribution is 0.0862. The van der Waals surface area contributed by atoms with Gasteiger partial charge >= 0.3 is 0 Å². The maximum atomic E-state index is 12.7.